The lowest BCUT2D eigenvalue weighted by Crippen LogP contribution is -2.21. The molecule has 11 nitrogen and oxygen atoms in total. The second-order valence-corrected chi connectivity index (χ2v) is 11.0. The molecule has 0 bridgehead atoms. The number of nitrogens with two attached hydrogens (primary N) is 1. The van der Waals surface area contributed by atoms with Gasteiger partial charge in [-0.25, -0.2) is 16.8 Å². The maximum Gasteiger partial charge on any atom is 0.400 e. The standard InChI is InChI=1S/C9H8F3NO4S.C6H4ClNO4S.C2H4F3N.CH4/c10-9(11,12)5-6-18(16,17)8-4-2-1-3-7(8)13(14)15;7-13(11,12)6-4-2-1-3-5(6)8(9)10;3-2(4,5)1-6;/h1-4H,5-6H2;1-4H;1,6H2;1H4. The molecule has 20 heteroatoms. The monoisotopic (exact) mass is 619 g/mol. The molecular weight excluding hydrogens is 600 g/mol. The molecule has 0 saturated heterocycles. The van der Waals surface area contributed by atoms with Gasteiger partial charge in [0.05, 0.1) is 28.6 Å². The lowest BCUT2D eigenvalue weighted by atomic mass is 10.3. The number of hydrogen-bond acceptors (Lipinski definition) is 9. The molecule has 0 atom stereocenters. The normalized spacial score (nSPS) is 11.6. The Labute approximate surface area is 216 Å². The molecule has 2 rings (SSSR count). The molecule has 0 fully saturated rings. The van der Waals surface area contributed by atoms with E-state index in [1.54, 1.807) is 0 Å². The van der Waals surface area contributed by atoms with Gasteiger partial charge in [-0.3, -0.25) is 20.2 Å². The Balaban J connectivity index is 0. The summed E-state index contributed by atoms with van der Waals surface area (Å²) in [6, 6.07) is 9.19. The number of alkyl halides is 6. The van der Waals surface area contributed by atoms with Gasteiger partial charge in [0.2, 0.25) is 0 Å². The summed E-state index contributed by atoms with van der Waals surface area (Å²) in [5.41, 5.74) is 2.94. The third kappa shape index (κ3) is 14.1. The molecule has 0 amide bonds. The highest BCUT2D eigenvalue weighted by molar-refractivity contribution is 8.13. The molecule has 0 aliphatic carbocycles. The predicted molar refractivity (Wildman–Crippen MR) is 124 cm³/mol. The molecule has 0 heterocycles. The Morgan fingerprint density at radius 1 is 0.763 bits per heavy atom. The van der Waals surface area contributed by atoms with Gasteiger partial charge in [0, 0.05) is 22.8 Å². The molecule has 2 aromatic carbocycles. The Morgan fingerprint density at radius 3 is 1.39 bits per heavy atom. The highest BCUT2D eigenvalue weighted by atomic mass is 35.7. The molecule has 0 aliphatic rings. The van der Waals surface area contributed by atoms with Crippen LogP contribution in [0.25, 0.3) is 0 Å². The van der Waals surface area contributed by atoms with Crippen LogP contribution in [-0.4, -0.2) is 51.3 Å². The highest BCUT2D eigenvalue weighted by Gasteiger charge is 2.33. The van der Waals surface area contributed by atoms with Gasteiger partial charge in [-0.2, -0.15) is 26.3 Å². The van der Waals surface area contributed by atoms with Gasteiger partial charge in [-0.05, 0) is 12.1 Å². The van der Waals surface area contributed by atoms with Crippen LogP contribution >= 0.6 is 10.7 Å². The maximum absolute atomic E-state index is 12.0. The number of nitro benzene ring substituents is 2. The fourth-order valence-corrected chi connectivity index (χ4v) is 4.54. The lowest BCUT2D eigenvalue weighted by Gasteiger charge is -2.07. The molecule has 2 N–H and O–H groups in total. The topological polar surface area (TPSA) is 181 Å². The SMILES string of the molecule is C.NCC(F)(F)F.O=[N+]([O-])c1ccccc1S(=O)(=O)CCC(F)(F)F.O=[N+]([O-])c1ccccc1S(=O)(=O)Cl. The van der Waals surface area contributed by atoms with Crippen LogP contribution in [0, 0.1) is 20.2 Å². The Hall–Kier alpha value is -3.03. The minimum Gasteiger partial charge on any atom is -0.323 e. The average molecular weight is 620 g/mol. The van der Waals surface area contributed by atoms with Crippen molar-refractivity contribution in [1.29, 1.82) is 0 Å². The molecule has 0 radical (unpaired) electrons. The zero-order valence-electron chi connectivity index (χ0n) is 17.9. The van der Waals surface area contributed by atoms with E-state index in [0.717, 1.165) is 24.3 Å². The molecule has 216 valence electrons. The number of para-hydroxylation sites is 2. The minimum atomic E-state index is -4.63. The zero-order chi connectivity index (χ0) is 29.2. The van der Waals surface area contributed by atoms with Gasteiger partial charge >= 0.3 is 12.4 Å². The molecule has 2 aromatic rings. The van der Waals surface area contributed by atoms with Crippen molar-refractivity contribution in [2.45, 2.75) is 36.0 Å². The number of nitrogens with zero attached hydrogens (tertiary/aromatic N) is 2. The van der Waals surface area contributed by atoms with Gasteiger partial charge in [-0.1, -0.05) is 31.7 Å². The van der Waals surface area contributed by atoms with Crippen molar-refractivity contribution < 1.29 is 53.0 Å². The number of benzene rings is 2. The fraction of sp³-hybridized carbons (Fsp3) is 0.333. The van der Waals surface area contributed by atoms with Crippen LogP contribution in [0.5, 0.6) is 0 Å². The summed E-state index contributed by atoms with van der Waals surface area (Å²) in [5.74, 6) is -1.21. The Kier molecular flexibility index (Phi) is 14.4. The first-order valence-corrected chi connectivity index (χ1v) is 13.1. The van der Waals surface area contributed by atoms with Crippen LogP contribution in [0.4, 0.5) is 37.7 Å². The minimum absolute atomic E-state index is 0. The van der Waals surface area contributed by atoms with E-state index in [9.17, 15) is 63.4 Å². The summed E-state index contributed by atoms with van der Waals surface area (Å²) in [7, 11) is -3.40. The summed E-state index contributed by atoms with van der Waals surface area (Å²) < 4.78 is 113. The van der Waals surface area contributed by atoms with Gasteiger partial charge in [0.1, 0.15) is 4.90 Å². The van der Waals surface area contributed by atoms with E-state index in [0.29, 0.717) is 0 Å². The summed E-state index contributed by atoms with van der Waals surface area (Å²) in [6.07, 6.45) is -10.3. The largest absolute Gasteiger partial charge is 0.400 e. The van der Waals surface area contributed by atoms with Crippen LogP contribution in [0.15, 0.2) is 58.3 Å². The second kappa shape index (κ2) is 14.8. The summed E-state index contributed by atoms with van der Waals surface area (Å²) in [5, 5.41) is 20.9. The fourth-order valence-electron chi connectivity index (χ4n) is 2.05. The van der Waals surface area contributed by atoms with E-state index in [2.05, 4.69) is 5.73 Å². The van der Waals surface area contributed by atoms with Gasteiger partial charge in [0.25, 0.3) is 20.4 Å². The first-order chi connectivity index (χ1) is 16.6. The van der Waals surface area contributed by atoms with Crippen LogP contribution in [-0.2, 0) is 18.9 Å². The van der Waals surface area contributed by atoms with Crippen molar-refractivity contribution >= 4 is 40.9 Å². The van der Waals surface area contributed by atoms with Gasteiger partial charge < -0.3 is 5.73 Å². The Bertz CT molecular complexity index is 1300. The van der Waals surface area contributed by atoms with E-state index in [1.807, 2.05) is 0 Å². The van der Waals surface area contributed by atoms with Crippen molar-refractivity contribution in [2.75, 3.05) is 12.3 Å². The third-order valence-corrected chi connectivity index (χ3v) is 6.73. The van der Waals surface area contributed by atoms with Crippen molar-refractivity contribution in [1.82, 2.24) is 0 Å². The number of sulfone groups is 1. The zero-order valence-corrected chi connectivity index (χ0v) is 20.3. The van der Waals surface area contributed by atoms with Crippen molar-refractivity contribution in [3.63, 3.8) is 0 Å². The average Bonchev–Trinajstić information content (AvgIpc) is 2.77. The van der Waals surface area contributed by atoms with E-state index < -0.39 is 81.0 Å². The van der Waals surface area contributed by atoms with Crippen LogP contribution < -0.4 is 5.73 Å². The van der Waals surface area contributed by atoms with E-state index >= 15 is 0 Å². The smallest absolute Gasteiger partial charge is 0.323 e. The number of nitro groups is 2. The van der Waals surface area contributed by atoms with Crippen molar-refractivity contribution in [3.8, 4) is 0 Å². The highest BCUT2D eigenvalue weighted by Crippen LogP contribution is 2.28. The van der Waals surface area contributed by atoms with Crippen LogP contribution in [0.1, 0.15) is 13.8 Å². The molecular formula is C18H20ClF6N3O8S2. The van der Waals surface area contributed by atoms with E-state index in [1.165, 1.54) is 24.3 Å². The van der Waals surface area contributed by atoms with E-state index in [-0.39, 0.29) is 7.43 Å². The van der Waals surface area contributed by atoms with Crippen LogP contribution in [0.3, 0.4) is 0 Å². The molecule has 0 aromatic heterocycles. The van der Waals surface area contributed by atoms with Gasteiger partial charge in [-0.15, -0.1) is 0 Å². The first-order valence-electron chi connectivity index (χ1n) is 9.10. The summed E-state index contributed by atoms with van der Waals surface area (Å²) in [4.78, 5) is 18.0. The summed E-state index contributed by atoms with van der Waals surface area (Å²) in [6.45, 7) is -1.23. The maximum atomic E-state index is 12.0. The Morgan fingerprint density at radius 2 is 1.11 bits per heavy atom. The van der Waals surface area contributed by atoms with Crippen molar-refractivity contribution in [3.05, 3.63) is 68.8 Å². The third-order valence-electron chi connectivity index (χ3n) is 3.61. The molecule has 0 aliphatic heterocycles. The second-order valence-electron chi connectivity index (χ2n) is 6.39. The van der Waals surface area contributed by atoms with Gasteiger partial charge in [0.15, 0.2) is 14.7 Å². The quantitative estimate of drug-likeness (QED) is 0.202. The van der Waals surface area contributed by atoms with Crippen molar-refractivity contribution in [2.24, 2.45) is 5.73 Å². The number of halogens is 7. The molecule has 0 unspecified atom stereocenters. The predicted octanol–water partition coefficient (Wildman–Crippen LogP) is 4.99. The van der Waals surface area contributed by atoms with E-state index in [4.69, 9.17) is 10.7 Å². The lowest BCUT2D eigenvalue weighted by molar-refractivity contribution is -0.388. The number of hydrogen-bond donors (Lipinski definition) is 1. The molecule has 0 saturated carbocycles. The first kappa shape index (κ1) is 37.1. The summed E-state index contributed by atoms with van der Waals surface area (Å²) >= 11 is 0. The van der Waals surface area contributed by atoms with Crippen LogP contribution in [0.2, 0.25) is 0 Å². The molecule has 0 spiro atoms. The molecule has 38 heavy (non-hydrogen) atoms. The number of rotatable bonds is 6.